The number of amides is 1. The number of rotatable bonds is 6. The van der Waals surface area contributed by atoms with Gasteiger partial charge in [0.05, 0.1) is 16.8 Å². The van der Waals surface area contributed by atoms with Crippen molar-refractivity contribution in [1.29, 1.82) is 0 Å². The fourth-order valence-corrected chi connectivity index (χ4v) is 5.20. The summed E-state index contributed by atoms with van der Waals surface area (Å²) in [6.45, 7) is 2.78. The van der Waals surface area contributed by atoms with Gasteiger partial charge in [-0.15, -0.1) is 0 Å². The van der Waals surface area contributed by atoms with Crippen molar-refractivity contribution in [3.8, 4) is 0 Å². The minimum absolute atomic E-state index is 0.187. The van der Waals surface area contributed by atoms with E-state index in [0.717, 1.165) is 19.1 Å². The van der Waals surface area contributed by atoms with Gasteiger partial charge in [-0.2, -0.15) is 4.31 Å². The third kappa shape index (κ3) is 5.14. The van der Waals surface area contributed by atoms with Crippen LogP contribution in [0.3, 0.4) is 0 Å². The van der Waals surface area contributed by atoms with Crippen LogP contribution < -0.4 is 10.0 Å². The van der Waals surface area contributed by atoms with E-state index in [1.165, 1.54) is 34.6 Å². The van der Waals surface area contributed by atoms with E-state index in [4.69, 9.17) is 0 Å². The molecule has 29 heavy (non-hydrogen) atoms. The number of nitrogens with one attached hydrogen (secondary N) is 2. The lowest BCUT2D eigenvalue weighted by Gasteiger charge is -2.15. The van der Waals surface area contributed by atoms with Crippen LogP contribution in [0.4, 0.5) is 11.4 Å². The Bertz CT molecular complexity index is 1120. The third-order valence-electron chi connectivity index (χ3n) is 4.61. The van der Waals surface area contributed by atoms with Gasteiger partial charge in [0.15, 0.2) is 0 Å². The number of aryl methyl sites for hydroxylation is 1. The molecule has 1 saturated heterocycles. The van der Waals surface area contributed by atoms with Gasteiger partial charge in [-0.1, -0.05) is 6.07 Å². The highest BCUT2D eigenvalue weighted by Crippen LogP contribution is 2.23. The number of hydrogen-bond donors (Lipinski definition) is 2. The lowest BCUT2D eigenvalue weighted by atomic mass is 10.1. The Morgan fingerprint density at radius 2 is 1.59 bits per heavy atom. The van der Waals surface area contributed by atoms with Crippen LogP contribution >= 0.6 is 0 Å². The molecular formula is C19H23N3O5S2. The molecule has 0 spiro atoms. The number of nitrogens with zero attached hydrogens (tertiary/aromatic N) is 1. The second kappa shape index (κ2) is 8.13. The maximum absolute atomic E-state index is 12.6. The molecule has 2 aromatic carbocycles. The molecule has 3 rings (SSSR count). The zero-order valence-electron chi connectivity index (χ0n) is 16.2. The Morgan fingerprint density at radius 3 is 2.17 bits per heavy atom. The summed E-state index contributed by atoms with van der Waals surface area (Å²) in [6, 6.07) is 10.7. The fraction of sp³-hybridized carbons (Fsp3) is 0.316. The van der Waals surface area contributed by atoms with Crippen LogP contribution in [-0.2, 0) is 20.0 Å². The summed E-state index contributed by atoms with van der Waals surface area (Å²) in [4.78, 5) is 12.7. The zero-order chi connectivity index (χ0) is 21.2. The van der Waals surface area contributed by atoms with E-state index in [9.17, 15) is 21.6 Å². The van der Waals surface area contributed by atoms with Gasteiger partial charge in [-0.05, 0) is 61.7 Å². The van der Waals surface area contributed by atoms with E-state index < -0.39 is 26.0 Å². The minimum Gasteiger partial charge on any atom is -0.322 e. The van der Waals surface area contributed by atoms with Gasteiger partial charge in [0.25, 0.3) is 5.91 Å². The molecule has 0 unspecified atom stereocenters. The first kappa shape index (κ1) is 21.3. The average Bonchev–Trinajstić information content (AvgIpc) is 3.18. The lowest BCUT2D eigenvalue weighted by molar-refractivity contribution is 0.102. The molecule has 0 radical (unpaired) electrons. The van der Waals surface area contributed by atoms with Gasteiger partial charge in [0.2, 0.25) is 20.0 Å². The molecule has 0 aromatic heterocycles. The monoisotopic (exact) mass is 437 g/mol. The van der Waals surface area contributed by atoms with E-state index in [1.807, 2.05) is 0 Å². The highest BCUT2D eigenvalue weighted by molar-refractivity contribution is 7.92. The second-order valence-corrected chi connectivity index (χ2v) is 10.7. The van der Waals surface area contributed by atoms with Crippen molar-refractivity contribution in [2.45, 2.75) is 24.7 Å². The van der Waals surface area contributed by atoms with E-state index >= 15 is 0 Å². The van der Waals surface area contributed by atoms with Crippen molar-refractivity contribution in [3.05, 3.63) is 53.6 Å². The maximum Gasteiger partial charge on any atom is 0.255 e. The Labute approximate surface area is 171 Å². The van der Waals surface area contributed by atoms with Crippen LogP contribution in [0, 0.1) is 6.92 Å². The summed E-state index contributed by atoms with van der Waals surface area (Å²) in [7, 11) is -6.98. The van der Waals surface area contributed by atoms with Gasteiger partial charge < -0.3 is 5.32 Å². The summed E-state index contributed by atoms with van der Waals surface area (Å²) in [5, 5.41) is 2.69. The van der Waals surface area contributed by atoms with Crippen LogP contribution in [0.15, 0.2) is 47.4 Å². The van der Waals surface area contributed by atoms with Crippen LogP contribution in [0.5, 0.6) is 0 Å². The standard InChI is InChI=1S/C19H23N3O5S2/c1-14-5-6-15(13-18(14)21-28(2,24)25)19(23)20-16-7-9-17(10-8-16)29(26,27)22-11-3-4-12-22/h5-10,13,21H,3-4,11-12H2,1-2H3,(H,20,23). The molecule has 10 heteroatoms. The number of benzene rings is 2. The molecule has 0 saturated carbocycles. The highest BCUT2D eigenvalue weighted by Gasteiger charge is 2.27. The number of carbonyl (C=O) groups excluding carboxylic acids is 1. The second-order valence-electron chi connectivity index (χ2n) is 6.99. The van der Waals surface area contributed by atoms with Gasteiger partial charge in [-0.25, -0.2) is 16.8 Å². The quantitative estimate of drug-likeness (QED) is 0.721. The summed E-state index contributed by atoms with van der Waals surface area (Å²) in [5.41, 5.74) is 1.72. The van der Waals surface area contributed by atoms with Crippen molar-refractivity contribution in [2.24, 2.45) is 0 Å². The first-order valence-electron chi connectivity index (χ1n) is 9.06. The molecule has 1 aliphatic heterocycles. The molecule has 2 aromatic rings. The van der Waals surface area contributed by atoms with Gasteiger partial charge in [0, 0.05) is 24.3 Å². The number of sulfonamides is 2. The topological polar surface area (TPSA) is 113 Å². The van der Waals surface area contributed by atoms with Gasteiger partial charge in [0.1, 0.15) is 0 Å². The molecule has 1 aliphatic rings. The Hall–Kier alpha value is -2.43. The van der Waals surface area contributed by atoms with Crippen molar-refractivity contribution in [3.63, 3.8) is 0 Å². The van der Waals surface area contributed by atoms with E-state index in [1.54, 1.807) is 19.1 Å². The first-order valence-corrected chi connectivity index (χ1v) is 12.4. The molecule has 0 bridgehead atoms. The van der Waals surface area contributed by atoms with Gasteiger partial charge >= 0.3 is 0 Å². The summed E-state index contributed by atoms with van der Waals surface area (Å²) < 4.78 is 51.9. The fourth-order valence-electron chi connectivity index (χ4n) is 3.06. The van der Waals surface area contributed by atoms with Crippen molar-refractivity contribution >= 4 is 37.3 Å². The van der Waals surface area contributed by atoms with E-state index in [-0.39, 0.29) is 10.5 Å². The van der Waals surface area contributed by atoms with Crippen molar-refractivity contribution in [1.82, 2.24) is 4.31 Å². The van der Waals surface area contributed by atoms with Crippen molar-refractivity contribution < 1.29 is 21.6 Å². The van der Waals surface area contributed by atoms with Gasteiger partial charge in [-0.3, -0.25) is 9.52 Å². The molecule has 0 atom stereocenters. The predicted octanol–water partition coefficient (Wildman–Crippen LogP) is 2.40. The van der Waals surface area contributed by atoms with E-state index in [2.05, 4.69) is 10.0 Å². The average molecular weight is 438 g/mol. The Morgan fingerprint density at radius 1 is 0.966 bits per heavy atom. The molecular weight excluding hydrogens is 414 g/mol. The lowest BCUT2D eigenvalue weighted by Crippen LogP contribution is -2.27. The largest absolute Gasteiger partial charge is 0.322 e. The molecule has 8 nitrogen and oxygen atoms in total. The number of anilines is 2. The van der Waals surface area contributed by atoms with Crippen molar-refractivity contribution in [2.75, 3.05) is 29.4 Å². The molecule has 1 fully saturated rings. The van der Waals surface area contributed by atoms with E-state index in [0.29, 0.717) is 30.0 Å². The molecule has 1 heterocycles. The number of hydrogen-bond acceptors (Lipinski definition) is 5. The normalized spacial score (nSPS) is 15.2. The predicted molar refractivity (Wildman–Crippen MR) is 112 cm³/mol. The summed E-state index contributed by atoms with van der Waals surface area (Å²) in [5.74, 6) is -0.434. The SMILES string of the molecule is Cc1ccc(C(=O)Nc2ccc(S(=O)(=O)N3CCCC3)cc2)cc1NS(C)(=O)=O. The molecule has 156 valence electrons. The summed E-state index contributed by atoms with van der Waals surface area (Å²) >= 11 is 0. The first-order chi connectivity index (χ1) is 13.6. The molecule has 0 aliphatic carbocycles. The van der Waals surface area contributed by atoms with Crippen LogP contribution in [-0.4, -0.2) is 46.4 Å². The smallest absolute Gasteiger partial charge is 0.255 e. The Kier molecular flexibility index (Phi) is 5.97. The van der Waals surface area contributed by atoms with Crippen LogP contribution in [0.1, 0.15) is 28.8 Å². The third-order valence-corrected chi connectivity index (χ3v) is 7.11. The zero-order valence-corrected chi connectivity index (χ0v) is 17.8. The summed E-state index contributed by atoms with van der Waals surface area (Å²) in [6.07, 6.45) is 2.76. The maximum atomic E-state index is 12.6. The Balaban J connectivity index is 1.75. The minimum atomic E-state index is -3.51. The van der Waals surface area contributed by atoms with Crippen LogP contribution in [0.25, 0.3) is 0 Å². The van der Waals surface area contributed by atoms with Crippen LogP contribution in [0.2, 0.25) is 0 Å². The molecule has 1 amide bonds. The highest BCUT2D eigenvalue weighted by atomic mass is 32.2. The molecule has 2 N–H and O–H groups in total. The number of carbonyl (C=O) groups is 1.